The SMILES string of the molecule is Nc1nnc(CCCNC(=O)c2ccc(C3CCCNC3)cc2)s1. The Labute approximate surface area is 145 Å². The number of benzene rings is 1. The van der Waals surface area contributed by atoms with Gasteiger partial charge in [0.15, 0.2) is 0 Å². The summed E-state index contributed by atoms with van der Waals surface area (Å²) in [5.41, 5.74) is 7.57. The number of carbonyl (C=O) groups excluding carboxylic acids is 1. The quantitative estimate of drug-likeness (QED) is 0.696. The number of aryl methyl sites for hydroxylation is 1. The Bertz CT molecular complexity index is 664. The Morgan fingerprint density at radius 3 is 2.83 bits per heavy atom. The summed E-state index contributed by atoms with van der Waals surface area (Å²) in [6.45, 7) is 2.76. The third kappa shape index (κ3) is 4.52. The van der Waals surface area contributed by atoms with Gasteiger partial charge in [-0.1, -0.05) is 23.5 Å². The molecule has 0 spiro atoms. The number of hydrogen-bond acceptors (Lipinski definition) is 6. The number of nitrogens with two attached hydrogens (primary N) is 1. The molecule has 1 atom stereocenters. The van der Waals surface area contributed by atoms with Crippen LogP contribution in [0, 0.1) is 0 Å². The van der Waals surface area contributed by atoms with Crippen molar-refractivity contribution in [3.05, 3.63) is 40.4 Å². The van der Waals surface area contributed by atoms with Gasteiger partial charge < -0.3 is 16.4 Å². The van der Waals surface area contributed by atoms with E-state index in [1.807, 2.05) is 12.1 Å². The van der Waals surface area contributed by atoms with E-state index < -0.39 is 0 Å². The standard InChI is InChI=1S/C17H23N5OS/c18-17-22-21-15(24-17)4-2-10-20-16(23)13-7-5-12(6-8-13)14-3-1-9-19-11-14/h5-8,14,19H,1-4,9-11H2,(H2,18,22)(H,20,23). The molecule has 0 bridgehead atoms. The number of anilines is 1. The predicted octanol–water partition coefficient (Wildman–Crippen LogP) is 1.95. The molecule has 1 aliphatic heterocycles. The molecule has 1 aromatic heterocycles. The van der Waals surface area contributed by atoms with Crippen LogP contribution in [0.2, 0.25) is 0 Å². The lowest BCUT2D eigenvalue weighted by Gasteiger charge is -2.23. The van der Waals surface area contributed by atoms with Gasteiger partial charge in [0, 0.05) is 25.1 Å². The maximum atomic E-state index is 12.2. The Hall–Kier alpha value is -1.99. The minimum absolute atomic E-state index is 0.0277. The first-order chi connectivity index (χ1) is 11.7. The molecule has 0 saturated carbocycles. The van der Waals surface area contributed by atoms with Crippen molar-refractivity contribution < 1.29 is 4.79 Å². The van der Waals surface area contributed by atoms with Crippen LogP contribution in [0.5, 0.6) is 0 Å². The van der Waals surface area contributed by atoms with Crippen LogP contribution in [0.1, 0.15) is 46.1 Å². The van der Waals surface area contributed by atoms with E-state index in [9.17, 15) is 4.79 Å². The van der Waals surface area contributed by atoms with Gasteiger partial charge in [-0.25, -0.2) is 0 Å². The number of aromatic nitrogens is 2. The van der Waals surface area contributed by atoms with E-state index in [-0.39, 0.29) is 5.91 Å². The summed E-state index contributed by atoms with van der Waals surface area (Å²) in [5.74, 6) is 0.537. The van der Waals surface area contributed by atoms with Crippen molar-refractivity contribution in [3.8, 4) is 0 Å². The topological polar surface area (TPSA) is 92.9 Å². The average Bonchev–Trinajstić information content (AvgIpc) is 3.05. The third-order valence-electron chi connectivity index (χ3n) is 4.28. The molecule has 0 aliphatic carbocycles. The van der Waals surface area contributed by atoms with E-state index in [1.54, 1.807) is 0 Å². The Kier molecular flexibility index (Phi) is 5.77. The molecule has 2 aromatic rings. The molecule has 0 radical (unpaired) electrons. The molecule has 1 saturated heterocycles. The monoisotopic (exact) mass is 345 g/mol. The normalized spacial score (nSPS) is 17.6. The number of carbonyl (C=O) groups is 1. The Balaban J connectivity index is 1.44. The maximum absolute atomic E-state index is 12.2. The summed E-state index contributed by atoms with van der Waals surface area (Å²) >= 11 is 1.40. The molecule has 128 valence electrons. The fourth-order valence-corrected chi connectivity index (χ4v) is 3.61. The van der Waals surface area contributed by atoms with Crippen molar-refractivity contribution in [1.29, 1.82) is 0 Å². The van der Waals surface area contributed by atoms with Crippen LogP contribution in [-0.2, 0) is 6.42 Å². The van der Waals surface area contributed by atoms with E-state index in [1.165, 1.54) is 29.7 Å². The highest BCUT2D eigenvalue weighted by Crippen LogP contribution is 2.23. The van der Waals surface area contributed by atoms with Gasteiger partial charge in [0.25, 0.3) is 5.91 Å². The summed E-state index contributed by atoms with van der Waals surface area (Å²) in [6, 6.07) is 8.00. The first-order valence-corrected chi connectivity index (χ1v) is 9.21. The number of hydrogen-bond donors (Lipinski definition) is 3. The molecule has 1 amide bonds. The second-order valence-electron chi connectivity index (χ2n) is 6.06. The van der Waals surface area contributed by atoms with Crippen LogP contribution >= 0.6 is 11.3 Å². The van der Waals surface area contributed by atoms with Crippen LogP contribution in [0.3, 0.4) is 0 Å². The first kappa shape index (κ1) is 16.9. The minimum atomic E-state index is -0.0277. The molecule has 1 unspecified atom stereocenters. The largest absolute Gasteiger partial charge is 0.374 e. The van der Waals surface area contributed by atoms with Gasteiger partial charge in [-0.2, -0.15) is 0 Å². The van der Waals surface area contributed by atoms with Crippen molar-refractivity contribution in [2.24, 2.45) is 0 Å². The Morgan fingerprint density at radius 2 is 2.17 bits per heavy atom. The van der Waals surface area contributed by atoms with Crippen molar-refractivity contribution in [2.45, 2.75) is 31.6 Å². The van der Waals surface area contributed by atoms with Crippen LogP contribution < -0.4 is 16.4 Å². The number of piperidine rings is 1. The summed E-state index contributed by atoms with van der Waals surface area (Å²) in [6.07, 6.45) is 4.04. The fraction of sp³-hybridized carbons (Fsp3) is 0.471. The molecule has 1 fully saturated rings. The van der Waals surface area contributed by atoms with Gasteiger partial charge in [0.1, 0.15) is 5.01 Å². The van der Waals surface area contributed by atoms with Crippen LogP contribution in [-0.4, -0.2) is 35.7 Å². The number of amides is 1. The van der Waals surface area contributed by atoms with Gasteiger partial charge in [-0.3, -0.25) is 4.79 Å². The summed E-state index contributed by atoms with van der Waals surface area (Å²) in [4.78, 5) is 12.2. The van der Waals surface area contributed by atoms with E-state index >= 15 is 0 Å². The second-order valence-corrected chi connectivity index (χ2v) is 7.15. The van der Waals surface area contributed by atoms with E-state index in [0.29, 0.717) is 23.2 Å². The van der Waals surface area contributed by atoms with Gasteiger partial charge in [0.2, 0.25) is 5.13 Å². The third-order valence-corrected chi connectivity index (χ3v) is 5.09. The fourth-order valence-electron chi connectivity index (χ4n) is 2.95. The lowest BCUT2D eigenvalue weighted by Crippen LogP contribution is -2.28. The number of nitrogens with one attached hydrogen (secondary N) is 2. The van der Waals surface area contributed by atoms with Crippen LogP contribution in [0.4, 0.5) is 5.13 Å². The lowest BCUT2D eigenvalue weighted by molar-refractivity contribution is 0.0953. The van der Waals surface area contributed by atoms with Gasteiger partial charge in [0.05, 0.1) is 0 Å². The molecule has 4 N–H and O–H groups in total. The minimum Gasteiger partial charge on any atom is -0.374 e. The second kappa shape index (κ2) is 8.21. The molecular weight excluding hydrogens is 322 g/mol. The zero-order valence-corrected chi connectivity index (χ0v) is 14.4. The molecule has 24 heavy (non-hydrogen) atoms. The van der Waals surface area contributed by atoms with Crippen LogP contribution in [0.25, 0.3) is 0 Å². The molecule has 3 rings (SSSR count). The summed E-state index contributed by atoms with van der Waals surface area (Å²) < 4.78 is 0. The molecular formula is C17H23N5OS. The van der Waals surface area contributed by atoms with Gasteiger partial charge >= 0.3 is 0 Å². The van der Waals surface area contributed by atoms with Crippen molar-refractivity contribution in [1.82, 2.24) is 20.8 Å². The number of nitrogens with zero attached hydrogens (tertiary/aromatic N) is 2. The Morgan fingerprint density at radius 1 is 1.33 bits per heavy atom. The van der Waals surface area contributed by atoms with Crippen molar-refractivity contribution >= 4 is 22.4 Å². The zero-order chi connectivity index (χ0) is 16.8. The summed E-state index contributed by atoms with van der Waals surface area (Å²) in [7, 11) is 0. The smallest absolute Gasteiger partial charge is 0.251 e. The first-order valence-electron chi connectivity index (χ1n) is 8.39. The zero-order valence-electron chi connectivity index (χ0n) is 13.6. The maximum Gasteiger partial charge on any atom is 0.251 e. The van der Waals surface area contributed by atoms with E-state index in [4.69, 9.17) is 5.73 Å². The van der Waals surface area contributed by atoms with Crippen molar-refractivity contribution in [2.75, 3.05) is 25.4 Å². The number of rotatable bonds is 6. The highest BCUT2D eigenvalue weighted by Gasteiger charge is 2.15. The molecule has 1 aromatic carbocycles. The van der Waals surface area contributed by atoms with Crippen LogP contribution in [0.15, 0.2) is 24.3 Å². The molecule has 1 aliphatic rings. The van der Waals surface area contributed by atoms with E-state index in [0.717, 1.165) is 30.9 Å². The lowest BCUT2D eigenvalue weighted by atomic mass is 9.91. The van der Waals surface area contributed by atoms with Crippen molar-refractivity contribution in [3.63, 3.8) is 0 Å². The number of nitrogen functional groups attached to an aromatic ring is 1. The average molecular weight is 345 g/mol. The summed E-state index contributed by atoms with van der Waals surface area (Å²) in [5, 5.41) is 15.5. The van der Waals surface area contributed by atoms with Gasteiger partial charge in [-0.05, 0) is 49.4 Å². The molecule has 6 nitrogen and oxygen atoms in total. The molecule has 7 heteroatoms. The molecule has 2 heterocycles. The predicted molar refractivity (Wildman–Crippen MR) is 96.3 cm³/mol. The highest BCUT2D eigenvalue weighted by atomic mass is 32.1. The van der Waals surface area contributed by atoms with E-state index in [2.05, 4.69) is 33.0 Å². The highest BCUT2D eigenvalue weighted by molar-refractivity contribution is 7.15. The van der Waals surface area contributed by atoms with Gasteiger partial charge in [-0.15, -0.1) is 10.2 Å².